The maximum absolute atomic E-state index is 14.8. The Morgan fingerprint density at radius 1 is 1.17 bits per heavy atom. The summed E-state index contributed by atoms with van der Waals surface area (Å²) < 4.78 is 34.6. The van der Waals surface area contributed by atoms with Crippen LogP contribution in [0.4, 0.5) is 8.78 Å². The molecule has 2 aliphatic heterocycles. The molecule has 2 saturated heterocycles. The fourth-order valence-corrected chi connectivity index (χ4v) is 4.86. The van der Waals surface area contributed by atoms with Gasteiger partial charge < -0.3 is 19.6 Å². The number of carbonyl (C=O) groups excluding carboxylic acids is 1. The molecule has 190 valence electrons. The number of aliphatic hydroxyl groups excluding tert-OH is 1. The van der Waals surface area contributed by atoms with Crippen LogP contribution >= 0.6 is 0 Å². The van der Waals surface area contributed by atoms with E-state index in [4.69, 9.17) is 4.74 Å². The molecule has 0 aliphatic carbocycles. The number of rotatable bonds is 7. The number of nitrogens with zero attached hydrogens (tertiary/aromatic N) is 3. The summed E-state index contributed by atoms with van der Waals surface area (Å²) in [6, 6.07) is 7.89. The molecule has 0 spiro atoms. The molecule has 3 heterocycles. The smallest absolute Gasteiger partial charge is 0.254 e. The first-order valence-corrected chi connectivity index (χ1v) is 12.5. The van der Waals surface area contributed by atoms with E-state index in [1.165, 1.54) is 6.07 Å². The van der Waals surface area contributed by atoms with Crippen molar-refractivity contribution in [3.8, 4) is 17.0 Å². The van der Waals surface area contributed by atoms with E-state index in [0.29, 0.717) is 49.0 Å². The lowest BCUT2D eigenvalue weighted by Crippen LogP contribution is -2.42. The zero-order chi connectivity index (χ0) is 25.0. The van der Waals surface area contributed by atoms with Crippen LogP contribution in [-0.4, -0.2) is 76.9 Å². The van der Waals surface area contributed by atoms with Crippen LogP contribution in [-0.2, 0) is 0 Å². The number of amides is 1. The molecule has 0 saturated carbocycles. The first kappa shape index (κ1) is 25.5. The fourth-order valence-electron chi connectivity index (χ4n) is 4.86. The summed E-state index contributed by atoms with van der Waals surface area (Å²) in [4.78, 5) is 20.8. The fraction of sp³-hybridized carbons (Fsp3) is 0.556. The minimum absolute atomic E-state index is 0.265. The van der Waals surface area contributed by atoms with Crippen LogP contribution in [0.1, 0.15) is 49.9 Å². The number of benzene rings is 1. The third-order valence-electron chi connectivity index (χ3n) is 6.70. The molecule has 4 rings (SSSR count). The minimum Gasteiger partial charge on any atom is -0.492 e. The Labute approximate surface area is 205 Å². The molecule has 2 fully saturated rings. The normalized spacial score (nSPS) is 20.1. The molecule has 1 unspecified atom stereocenters. The van der Waals surface area contributed by atoms with E-state index in [1.807, 2.05) is 0 Å². The first-order chi connectivity index (χ1) is 16.7. The number of halogens is 2. The number of β-amino-alcohol motifs (C(OH)–C–C–N with tert-alkyl or cyclic N) is 1. The highest BCUT2D eigenvalue weighted by Gasteiger charge is 2.26. The third-order valence-corrected chi connectivity index (χ3v) is 6.70. The van der Waals surface area contributed by atoms with Crippen LogP contribution in [0, 0.1) is 11.7 Å². The van der Waals surface area contributed by atoms with Gasteiger partial charge in [-0.15, -0.1) is 0 Å². The molecule has 1 atom stereocenters. The van der Waals surface area contributed by atoms with E-state index >= 15 is 0 Å². The van der Waals surface area contributed by atoms with Gasteiger partial charge in [-0.3, -0.25) is 9.78 Å². The molecule has 2 aliphatic rings. The molecule has 1 aromatic heterocycles. The highest BCUT2D eigenvalue weighted by atomic mass is 19.1. The minimum atomic E-state index is -1.18. The SMILES string of the molecule is CC(C)(F)CN1CCC(COc2ccc(-c3ccc(C(=O)N4CCCC(O)C4)cc3F)nc2)CC1. The van der Waals surface area contributed by atoms with Crippen LogP contribution in [0.2, 0.25) is 0 Å². The van der Waals surface area contributed by atoms with Crippen LogP contribution in [0.25, 0.3) is 11.3 Å². The summed E-state index contributed by atoms with van der Waals surface area (Å²) >= 11 is 0. The monoisotopic (exact) mass is 487 g/mol. The number of piperidine rings is 2. The van der Waals surface area contributed by atoms with E-state index in [2.05, 4.69) is 9.88 Å². The lowest BCUT2D eigenvalue weighted by molar-refractivity contribution is 0.0473. The van der Waals surface area contributed by atoms with Crippen molar-refractivity contribution in [3.05, 3.63) is 47.9 Å². The quantitative estimate of drug-likeness (QED) is 0.630. The Balaban J connectivity index is 1.30. The molecule has 1 amide bonds. The Morgan fingerprint density at radius 2 is 1.94 bits per heavy atom. The Hall–Kier alpha value is -2.58. The highest BCUT2D eigenvalue weighted by Crippen LogP contribution is 2.26. The van der Waals surface area contributed by atoms with Crippen molar-refractivity contribution in [3.63, 3.8) is 0 Å². The molecular formula is C27H35F2N3O3. The number of carbonyl (C=O) groups is 1. The predicted molar refractivity (Wildman–Crippen MR) is 131 cm³/mol. The summed E-state index contributed by atoms with van der Waals surface area (Å²) in [7, 11) is 0. The third kappa shape index (κ3) is 6.98. The average Bonchev–Trinajstić information content (AvgIpc) is 2.82. The second-order valence-electron chi connectivity index (χ2n) is 10.4. The summed E-state index contributed by atoms with van der Waals surface area (Å²) in [6.07, 6.45) is 4.42. The van der Waals surface area contributed by atoms with Crippen molar-refractivity contribution in [2.24, 2.45) is 5.92 Å². The van der Waals surface area contributed by atoms with Gasteiger partial charge in [0.15, 0.2) is 0 Å². The van der Waals surface area contributed by atoms with E-state index < -0.39 is 17.6 Å². The van der Waals surface area contributed by atoms with E-state index in [1.54, 1.807) is 49.2 Å². The largest absolute Gasteiger partial charge is 0.492 e. The van der Waals surface area contributed by atoms with Crippen molar-refractivity contribution >= 4 is 5.91 Å². The molecule has 6 nitrogen and oxygen atoms in total. The van der Waals surface area contributed by atoms with Gasteiger partial charge in [-0.05, 0) is 88.9 Å². The molecule has 0 radical (unpaired) electrons. The lowest BCUT2D eigenvalue weighted by atomic mass is 9.97. The number of pyridine rings is 1. The number of hydrogen-bond acceptors (Lipinski definition) is 5. The average molecular weight is 488 g/mol. The van der Waals surface area contributed by atoms with Crippen LogP contribution in [0.3, 0.4) is 0 Å². The second-order valence-corrected chi connectivity index (χ2v) is 10.4. The van der Waals surface area contributed by atoms with Gasteiger partial charge in [-0.25, -0.2) is 8.78 Å². The Bertz CT molecular complexity index is 1000. The summed E-state index contributed by atoms with van der Waals surface area (Å²) in [6.45, 7) is 6.84. The molecule has 35 heavy (non-hydrogen) atoms. The van der Waals surface area contributed by atoms with Crippen LogP contribution in [0.15, 0.2) is 36.5 Å². The number of likely N-dealkylation sites (tertiary alicyclic amines) is 2. The number of hydrogen-bond donors (Lipinski definition) is 1. The first-order valence-electron chi connectivity index (χ1n) is 12.5. The maximum Gasteiger partial charge on any atom is 0.254 e. The zero-order valence-electron chi connectivity index (χ0n) is 20.6. The second kappa shape index (κ2) is 11.0. The zero-order valence-corrected chi connectivity index (χ0v) is 20.6. The molecule has 2 aromatic rings. The molecule has 1 aromatic carbocycles. The Kier molecular flexibility index (Phi) is 8.02. The molecule has 8 heteroatoms. The summed E-state index contributed by atoms with van der Waals surface area (Å²) in [5, 5.41) is 9.80. The Morgan fingerprint density at radius 3 is 2.57 bits per heavy atom. The van der Waals surface area contributed by atoms with Gasteiger partial charge in [0.2, 0.25) is 0 Å². The van der Waals surface area contributed by atoms with Gasteiger partial charge in [0.25, 0.3) is 5.91 Å². The number of ether oxygens (including phenoxy) is 1. The summed E-state index contributed by atoms with van der Waals surface area (Å²) in [5.41, 5.74) is -0.135. The van der Waals surface area contributed by atoms with Crippen LogP contribution in [0.5, 0.6) is 5.75 Å². The maximum atomic E-state index is 14.8. The van der Waals surface area contributed by atoms with E-state index in [9.17, 15) is 18.7 Å². The standard InChI is InChI=1S/C27H35F2N3O3/c1-27(2,29)18-31-12-9-19(10-13-31)17-35-22-6-8-25(30-15-22)23-7-5-20(14-24(23)28)26(34)32-11-3-4-21(33)16-32/h5-8,14-15,19,21,33H,3-4,9-13,16-18H2,1-2H3. The summed E-state index contributed by atoms with van der Waals surface area (Å²) in [5.74, 6) is 0.247. The van der Waals surface area contributed by atoms with Gasteiger partial charge in [0.1, 0.15) is 17.2 Å². The van der Waals surface area contributed by atoms with Crippen molar-refractivity contribution in [2.45, 2.75) is 51.3 Å². The topological polar surface area (TPSA) is 65.9 Å². The molecule has 0 bridgehead atoms. The van der Waals surface area contributed by atoms with Crippen molar-refractivity contribution in [1.82, 2.24) is 14.8 Å². The van der Waals surface area contributed by atoms with Gasteiger partial charge >= 0.3 is 0 Å². The number of aliphatic hydroxyl groups is 1. The molecule has 1 N–H and O–H groups in total. The van der Waals surface area contributed by atoms with Crippen LogP contribution < -0.4 is 4.74 Å². The van der Waals surface area contributed by atoms with Crippen molar-refractivity contribution in [2.75, 3.05) is 39.3 Å². The van der Waals surface area contributed by atoms with Crippen molar-refractivity contribution < 1.29 is 23.4 Å². The van der Waals surface area contributed by atoms with E-state index in [-0.39, 0.29) is 18.0 Å². The number of aromatic nitrogens is 1. The van der Waals surface area contributed by atoms with Gasteiger partial charge in [-0.1, -0.05) is 0 Å². The van der Waals surface area contributed by atoms with Gasteiger partial charge in [0.05, 0.1) is 24.6 Å². The predicted octanol–water partition coefficient (Wildman–Crippen LogP) is 4.32. The highest BCUT2D eigenvalue weighted by molar-refractivity contribution is 5.94. The lowest BCUT2D eigenvalue weighted by Gasteiger charge is -2.34. The van der Waals surface area contributed by atoms with E-state index in [0.717, 1.165) is 32.4 Å². The van der Waals surface area contributed by atoms with Gasteiger partial charge in [0, 0.05) is 30.8 Å². The van der Waals surface area contributed by atoms with Crippen molar-refractivity contribution in [1.29, 1.82) is 0 Å². The number of alkyl halides is 1. The van der Waals surface area contributed by atoms with Gasteiger partial charge in [-0.2, -0.15) is 0 Å². The molecular weight excluding hydrogens is 452 g/mol.